The molecule has 2 aromatic heterocycles. The van der Waals surface area contributed by atoms with Crippen LogP contribution in [0.3, 0.4) is 0 Å². The van der Waals surface area contributed by atoms with E-state index in [4.69, 9.17) is 0 Å². The van der Waals surface area contributed by atoms with Crippen molar-refractivity contribution in [3.63, 3.8) is 0 Å². The van der Waals surface area contributed by atoms with Gasteiger partial charge in [0, 0.05) is 18.9 Å². The van der Waals surface area contributed by atoms with Crippen LogP contribution in [-0.4, -0.2) is 15.9 Å². The number of imidazole rings is 1. The highest BCUT2D eigenvalue weighted by atomic mass is 15.0. The van der Waals surface area contributed by atoms with Gasteiger partial charge in [-0.1, -0.05) is 19.4 Å². The maximum absolute atomic E-state index is 4.51. The van der Waals surface area contributed by atoms with Crippen molar-refractivity contribution < 1.29 is 0 Å². The number of hydrogen-bond donors (Lipinski definition) is 1. The summed E-state index contributed by atoms with van der Waals surface area (Å²) in [7, 11) is 0. The van der Waals surface area contributed by atoms with E-state index in [-0.39, 0.29) is 0 Å². The molecule has 0 aliphatic carbocycles. The van der Waals surface area contributed by atoms with Gasteiger partial charge < -0.3 is 9.72 Å². The van der Waals surface area contributed by atoms with E-state index in [0.717, 1.165) is 24.4 Å². The average molecular weight is 203 g/mol. The quantitative estimate of drug-likeness (QED) is 0.755. The largest absolute Gasteiger partial charge is 0.311 e. The maximum atomic E-state index is 4.51. The normalized spacial score (nSPS) is 11.0. The van der Waals surface area contributed by atoms with Gasteiger partial charge in [0.25, 0.3) is 0 Å². The van der Waals surface area contributed by atoms with Gasteiger partial charge in [-0.2, -0.15) is 0 Å². The number of unbranched alkanes of at least 4 members (excludes halogenated alkanes) is 1. The van der Waals surface area contributed by atoms with E-state index in [2.05, 4.69) is 27.8 Å². The minimum Gasteiger partial charge on any atom is -0.311 e. The first kappa shape index (κ1) is 10.2. The van der Waals surface area contributed by atoms with Gasteiger partial charge >= 0.3 is 0 Å². The van der Waals surface area contributed by atoms with Crippen molar-refractivity contribution in [1.82, 2.24) is 14.7 Å². The van der Waals surface area contributed by atoms with Crippen LogP contribution in [0, 0.1) is 0 Å². The van der Waals surface area contributed by atoms with Crippen LogP contribution in [0.15, 0.2) is 30.6 Å². The lowest BCUT2D eigenvalue weighted by Gasteiger charge is -1.99. The highest BCUT2D eigenvalue weighted by Gasteiger charge is 1.99. The second-order valence-electron chi connectivity index (χ2n) is 3.73. The van der Waals surface area contributed by atoms with E-state index in [0.29, 0.717) is 0 Å². The molecule has 0 spiro atoms. The summed E-state index contributed by atoms with van der Waals surface area (Å²) in [4.78, 5) is 4.51. The van der Waals surface area contributed by atoms with Crippen LogP contribution >= 0.6 is 0 Å². The Hall–Kier alpha value is -1.35. The smallest absolute Gasteiger partial charge is 0.137 e. The second kappa shape index (κ2) is 4.94. The zero-order valence-corrected chi connectivity index (χ0v) is 9.11. The molecule has 0 saturated heterocycles. The summed E-state index contributed by atoms with van der Waals surface area (Å²) in [6.07, 6.45) is 6.57. The highest BCUT2D eigenvalue weighted by molar-refractivity contribution is 5.39. The molecule has 80 valence electrons. The van der Waals surface area contributed by atoms with E-state index in [1.807, 2.05) is 24.4 Å². The summed E-state index contributed by atoms with van der Waals surface area (Å²) < 4.78 is 2.05. The molecule has 2 heterocycles. The summed E-state index contributed by atoms with van der Waals surface area (Å²) in [6.45, 7) is 4.14. The Labute approximate surface area is 90.1 Å². The monoisotopic (exact) mass is 203 g/mol. The number of aromatic nitrogens is 2. The van der Waals surface area contributed by atoms with Crippen LogP contribution in [0.4, 0.5) is 0 Å². The molecule has 1 N–H and O–H groups in total. The van der Waals surface area contributed by atoms with Crippen molar-refractivity contribution in [3.8, 4) is 0 Å². The molecule has 15 heavy (non-hydrogen) atoms. The summed E-state index contributed by atoms with van der Waals surface area (Å²) in [5, 5.41) is 3.39. The molecule has 0 saturated carbocycles. The van der Waals surface area contributed by atoms with E-state index in [1.54, 1.807) is 0 Å². The molecular weight excluding hydrogens is 186 g/mol. The lowest BCUT2D eigenvalue weighted by molar-refractivity contribution is 0.635. The molecule has 0 aliphatic rings. The van der Waals surface area contributed by atoms with E-state index >= 15 is 0 Å². The number of hydrogen-bond acceptors (Lipinski definition) is 2. The Balaban J connectivity index is 1.97. The molecule has 0 amide bonds. The standard InChI is InChI=1S/C12H17N3/c1-2-3-7-13-9-11-10-15-8-5-4-6-12(15)14-11/h4-6,8,10,13H,2-3,7,9H2,1H3. The lowest BCUT2D eigenvalue weighted by Crippen LogP contribution is -2.14. The molecule has 0 aliphatic heterocycles. The van der Waals surface area contributed by atoms with Gasteiger partial charge in [0.05, 0.1) is 5.69 Å². The lowest BCUT2D eigenvalue weighted by atomic mass is 10.3. The summed E-state index contributed by atoms with van der Waals surface area (Å²) in [5.74, 6) is 0. The molecule has 0 atom stereocenters. The van der Waals surface area contributed by atoms with Crippen LogP contribution in [0.5, 0.6) is 0 Å². The third-order valence-electron chi connectivity index (χ3n) is 2.43. The molecular formula is C12H17N3. The molecule has 0 unspecified atom stereocenters. The van der Waals surface area contributed by atoms with E-state index in [9.17, 15) is 0 Å². The number of rotatable bonds is 5. The van der Waals surface area contributed by atoms with Crippen LogP contribution < -0.4 is 5.32 Å². The van der Waals surface area contributed by atoms with Crippen molar-refractivity contribution >= 4 is 5.65 Å². The van der Waals surface area contributed by atoms with Crippen LogP contribution in [0.25, 0.3) is 5.65 Å². The molecule has 0 bridgehead atoms. The second-order valence-corrected chi connectivity index (χ2v) is 3.73. The Kier molecular flexibility index (Phi) is 3.35. The fraction of sp³-hybridized carbons (Fsp3) is 0.417. The van der Waals surface area contributed by atoms with Gasteiger partial charge in [-0.15, -0.1) is 0 Å². The van der Waals surface area contributed by atoms with E-state index < -0.39 is 0 Å². The Bertz CT molecular complexity index is 386. The first-order valence-corrected chi connectivity index (χ1v) is 5.53. The van der Waals surface area contributed by atoms with Crippen LogP contribution in [-0.2, 0) is 6.54 Å². The van der Waals surface area contributed by atoms with Gasteiger partial charge in [0.15, 0.2) is 0 Å². The Morgan fingerprint density at radius 2 is 2.33 bits per heavy atom. The minimum atomic E-state index is 0.863. The van der Waals surface area contributed by atoms with Crippen LogP contribution in [0.2, 0.25) is 0 Å². The van der Waals surface area contributed by atoms with Crippen molar-refractivity contribution in [2.75, 3.05) is 6.54 Å². The fourth-order valence-electron chi connectivity index (χ4n) is 1.59. The van der Waals surface area contributed by atoms with Crippen molar-refractivity contribution in [3.05, 3.63) is 36.3 Å². The summed E-state index contributed by atoms with van der Waals surface area (Å²) in [6, 6.07) is 6.05. The highest BCUT2D eigenvalue weighted by Crippen LogP contribution is 2.03. The number of nitrogens with zero attached hydrogens (tertiary/aromatic N) is 2. The molecule has 0 aromatic carbocycles. The number of fused-ring (bicyclic) bond motifs is 1. The predicted octanol–water partition coefficient (Wildman–Crippen LogP) is 2.22. The molecule has 3 heteroatoms. The fourth-order valence-corrected chi connectivity index (χ4v) is 1.59. The van der Waals surface area contributed by atoms with Gasteiger partial charge in [-0.3, -0.25) is 0 Å². The summed E-state index contributed by atoms with van der Waals surface area (Å²) in [5.41, 5.74) is 2.13. The zero-order valence-electron chi connectivity index (χ0n) is 9.11. The Morgan fingerprint density at radius 3 is 3.13 bits per heavy atom. The van der Waals surface area contributed by atoms with Gasteiger partial charge in [-0.25, -0.2) is 4.98 Å². The predicted molar refractivity (Wildman–Crippen MR) is 61.8 cm³/mol. The molecule has 0 radical (unpaired) electrons. The molecule has 2 aromatic rings. The van der Waals surface area contributed by atoms with Crippen LogP contribution in [0.1, 0.15) is 25.5 Å². The first-order chi connectivity index (χ1) is 7.40. The van der Waals surface area contributed by atoms with Crippen molar-refractivity contribution in [2.45, 2.75) is 26.3 Å². The van der Waals surface area contributed by atoms with Gasteiger partial charge in [0.2, 0.25) is 0 Å². The SMILES string of the molecule is CCCCNCc1cn2ccccc2n1. The molecule has 3 nitrogen and oxygen atoms in total. The van der Waals surface area contributed by atoms with Crippen molar-refractivity contribution in [2.24, 2.45) is 0 Å². The maximum Gasteiger partial charge on any atom is 0.137 e. The number of pyridine rings is 1. The summed E-state index contributed by atoms with van der Waals surface area (Å²) >= 11 is 0. The topological polar surface area (TPSA) is 29.3 Å². The third kappa shape index (κ3) is 2.57. The minimum absolute atomic E-state index is 0.863. The van der Waals surface area contributed by atoms with Gasteiger partial charge in [-0.05, 0) is 25.1 Å². The average Bonchev–Trinajstić information content (AvgIpc) is 2.67. The third-order valence-corrected chi connectivity index (χ3v) is 2.43. The van der Waals surface area contributed by atoms with Gasteiger partial charge in [0.1, 0.15) is 5.65 Å². The first-order valence-electron chi connectivity index (χ1n) is 5.53. The zero-order chi connectivity index (χ0) is 10.5. The van der Waals surface area contributed by atoms with Crippen molar-refractivity contribution in [1.29, 1.82) is 0 Å². The molecule has 2 rings (SSSR count). The Morgan fingerprint density at radius 1 is 1.40 bits per heavy atom. The van der Waals surface area contributed by atoms with E-state index in [1.165, 1.54) is 12.8 Å². The number of nitrogens with one attached hydrogen (secondary N) is 1. The molecule has 0 fully saturated rings.